The number of ether oxygens (including phenoxy) is 1. The highest BCUT2D eigenvalue weighted by Gasteiger charge is 2.30. The van der Waals surface area contributed by atoms with Crippen LogP contribution < -0.4 is 10.3 Å². The van der Waals surface area contributed by atoms with E-state index in [-0.39, 0.29) is 23.3 Å². The monoisotopic (exact) mass is 516 g/mol. The Morgan fingerprint density at radius 1 is 1.11 bits per heavy atom. The molecule has 0 saturated heterocycles. The highest BCUT2D eigenvalue weighted by molar-refractivity contribution is 5.80. The molecule has 1 unspecified atom stereocenters. The number of rotatable bonds is 10. The molecule has 0 radical (unpaired) electrons. The van der Waals surface area contributed by atoms with Crippen molar-refractivity contribution in [2.75, 3.05) is 7.11 Å². The quantitative estimate of drug-likeness (QED) is 0.287. The molecular formula is C28H29FN6O3. The van der Waals surface area contributed by atoms with Gasteiger partial charge < -0.3 is 14.1 Å². The van der Waals surface area contributed by atoms with Crippen molar-refractivity contribution in [1.82, 2.24) is 30.1 Å². The van der Waals surface area contributed by atoms with Gasteiger partial charge in [0.25, 0.3) is 5.56 Å². The molecule has 3 heterocycles. The first kappa shape index (κ1) is 25.3. The number of aromatic nitrogens is 5. The van der Waals surface area contributed by atoms with Gasteiger partial charge in [-0.1, -0.05) is 26.0 Å². The van der Waals surface area contributed by atoms with Crippen molar-refractivity contribution in [3.63, 3.8) is 0 Å². The van der Waals surface area contributed by atoms with Crippen LogP contribution in [-0.2, 0) is 19.6 Å². The van der Waals surface area contributed by atoms with Crippen molar-refractivity contribution >= 4 is 10.9 Å². The average Bonchev–Trinajstić information content (AvgIpc) is 3.58. The summed E-state index contributed by atoms with van der Waals surface area (Å²) in [6.07, 6.45) is 1.61. The zero-order chi connectivity index (χ0) is 26.6. The molecule has 5 aromatic rings. The molecule has 0 spiro atoms. The SMILES string of the molecule is COc1ccc2cc(CN(Cc3ccc(F)cc3)C(c3nnnn3Cc3ccco3)C(C)C)c(=O)[nH]c2c1. The molecule has 0 aliphatic heterocycles. The standard InChI is InChI=1S/C28H29FN6O3/c1-18(2)26(27-31-32-33-35(27)17-24-5-4-12-38-24)34(15-19-6-9-22(29)10-7-19)16-21-13-20-8-11-23(37-3)14-25(20)30-28(21)36/h4-14,18,26H,15-17H2,1-3H3,(H,30,36). The van der Waals surface area contributed by atoms with E-state index in [1.807, 2.05) is 30.3 Å². The lowest BCUT2D eigenvalue weighted by molar-refractivity contribution is 0.125. The summed E-state index contributed by atoms with van der Waals surface area (Å²) in [5.74, 6) is 1.83. The second-order valence-corrected chi connectivity index (χ2v) is 9.57. The minimum absolute atomic E-state index is 0.0839. The maximum Gasteiger partial charge on any atom is 0.252 e. The molecule has 0 saturated carbocycles. The minimum atomic E-state index is -0.301. The number of aromatic amines is 1. The normalized spacial score (nSPS) is 12.5. The highest BCUT2D eigenvalue weighted by atomic mass is 19.1. The molecule has 0 bridgehead atoms. The first-order valence-corrected chi connectivity index (χ1v) is 12.4. The summed E-state index contributed by atoms with van der Waals surface area (Å²) < 4.78 is 26.2. The number of fused-ring (bicyclic) bond motifs is 1. The summed E-state index contributed by atoms with van der Waals surface area (Å²) >= 11 is 0. The fourth-order valence-corrected chi connectivity index (χ4v) is 4.73. The number of H-pyrrole nitrogens is 1. The lowest BCUT2D eigenvalue weighted by Crippen LogP contribution is -2.35. The van der Waals surface area contributed by atoms with Crippen LogP contribution in [0.5, 0.6) is 5.75 Å². The number of nitrogens with one attached hydrogen (secondary N) is 1. The van der Waals surface area contributed by atoms with Crippen LogP contribution in [0.25, 0.3) is 10.9 Å². The van der Waals surface area contributed by atoms with Gasteiger partial charge in [-0.05, 0) is 69.8 Å². The fraction of sp³-hybridized carbons (Fsp3) is 0.286. The van der Waals surface area contributed by atoms with Gasteiger partial charge in [-0.2, -0.15) is 0 Å². The Morgan fingerprint density at radius 2 is 1.92 bits per heavy atom. The number of pyridine rings is 1. The molecule has 5 rings (SSSR count). The van der Waals surface area contributed by atoms with Gasteiger partial charge in [0.05, 0.1) is 24.9 Å². The van der Waals surface area contributed by atoms with Crippen molar-refractivity contribution in [2.45, 2.75) is 39.5 Å². The van der Waals surface area contributed by atoms with Crippen molar-refractivity contribution in [3.05, 3.63) is 106 Å². The first-order valence-electron chi connectivity index (χ1n) is 12.4. The van der Waals surface area contributed by atoms with Crippen molar-refractivity contribution in [3.8, 4) is 5.75 Å². The summed E-state index contributed by atoms with van der Waals surface area (Å²) in [6.45, 7) is 5.33. The summed E-state index contributed by atoms with van der Waals surface area (Å²) in [5.41, 5.74) is 2.02. The van der Waals surface area contributed by atoms with E-state index in [2.05, 4.69) is 39.3 Å². The van der Waals surface area contributed by atoms with E-state index in [9.17, 15) is 9.18 Å². The highest BCUT2D eigenvalue weighted by Crippen LogP contribution is 2.31. The topological polar surface area (TPSA) is 102 Å². The minimum Gasteiger partial charge on any atom is -0.497 e. The van der Waals surface area contributed by atoms with Crippen molar-refractivity contribution in [2.24, 2.45) is 5.92 Å². The Bertz CT molecular complexity index is 1560. The Balaban J connectivity index is 1.54. The van der Waals surface area contributed by atoms with Gasteiger partial charge in [0.15, 0.2) is 5.82 Å². The third kappa shape index (κ3) is 5.50. The summed E-state index contributed by atoms with van der Waals surface area (Å²) in [7, 11) is 1.59. The van der Waals surface area contributed by atoms with Gasteiger partial charge in [0.1, 0.15) is 23.9 Å². The number of methoxy groups -OCH3 is 1. The smallest absolute Gasteiger partial charge is 0.252 e. The molecule has 3 aromatic heterocycles. The second-order valence-electron chi connectivity index (χ2n) is 9.57. The molecule has 0 aliphatic carbocycles. The average molecular weight is 517 g/mol. The Labute approximate surface area is 218 Å². The van der Waals surface area contributed by atoms with Crippen LogP contribution in [0.1, 0.15) is 42.6 Å². The molecule has 0 aliphatic rings. The van der Waals surface area contributed by atoms with Crippen LogP contribution in [0.2, 0.25) is 0 Å². The molecule has 1 atom stereocenters. The largest absolute Gasteiger partial charge is 0.497 e. The van der Waals surface area contributed by atoms with Crippen molar-refractivity contribution in [1.29, 1.82) is 0 Å². The predicted molar refractivity (Wildman–Crippen MR) is 140 cm³/mol. The fourth-order valence-electron chi connectivity index (χ4n) is 4.73. The first-order chi connectivity index (χ1) is 18.4. The number of benzene rings is 2. The lowest BCUT2D eigenvalue weighted by atomic mass is 9.99. The van der Waals surface area contributed by atoms with Crippen LogP contribution in [0.4, 0.5) is 4.39 Å². The van der Waals surface area contributed by atoms with Gasteiger partial charge in [0, 0.05) is 24.7 Å². The number of furan rings is 1. The number of nitrogens with zero attached hydrogens (tertiary/aromatic N) is 5. The van der Waals surface area contributed by atoms with Gasteiger partial charge in [-0.15, -0.1) is 5.10 Å². The van der Waals surface area contributed by atoms with E-state index in [1.54, 1.807) is 36.3 Å². The van der Waals surface area contributed by atoms with Gasteiger partial charge >= 0.3 is 0 Å². The van der Waals surface area contributed by atoms with E-state index in [1.165, 1.54) is 12.1 Å². The molecular weight excluding hydrogens is 487 g/mol. The van der Waals surface area contributed by atoms with Crippen LogP contribution in [0.3, 0.4) is 0 Å². The molecule has 2 aromatic carbocycles. The van der Waals surface area contributed by atoms with E-state index in [0.717, 1.165) is 16.7 Å². The molecule has 0 amide bonds. The van der Waals surface area contributed by atoms with Gasteiger partial charge in [0.2, 0.25) is 0 Å². The number of hydrogen-bond acceptors (Lipinski definition) is 7. The lowest BCUT2D eigenvalue weighted by Gasteiger charge is -2.33. The van der Waals surface area contributed by atoms with Crippen molar-refractivity contribution < 1.29 is 13.5 Å². The molecule has 9 nitrogen and oxygen atoms in total. The molecule has 196 valence electrons. The number of halogens is 1. The van der Waals surface area contributed by atoms with E-state index >= 15 is 0 Å². The zero-order valence-corrected chi connectivity index (χ0v) is 21.5. The predicted octanol–water partition coefficient (Wildman–Crippen LogP) is 4.70. The zero-order valence-electron chi connectivity index (χ0n) is 21.5. The maximum atomic E-state index is 13.7. The summed E-state index contributed by atoms with van der Waals surface area (Å²) in [5, 5.41) is 13.5. The van der Waals surface area contributed by atoms with Crippen LogP contribution >= 0.6 is 0 Å². The molecule has 10 heteroatoms. The van der Waals surface area contributed by atoms with Crippen LogP contribution in [0, 0.1) is 11.7 Å². The van der Waals surface area contributed by atoms with E-state index in [0.29, 0.717) is 42.3 Å². The summed E-state index contributed by atoms with van der Waals surface area (Å²) in [6, 6.07) is 17.3. The maximum absolute atomic E-state index is 13.7. The van der Waals surface area contributed by atoms with E-state index < -0.39 is 0 Å². The molecule has 1 N–H and O–H groups in total. The molecule has 0 fully saturated rings. The Hall–Kier alpha value is -4.31. The van der Waals surface area contributed by atoms with Crippen LogP contribution in [-0.4, -0.2) is 37.2 Å². The summed E-state index contributed by atoms with van der Waals surface area (Å²) in [4.78, 5) is 18.3. The molecule has 38 heavy (non-hydrogen) atoms. The van der Waals surface area contributed by atoms with Gasteiger partial charge in [-0.25, -0.2) is 9.07 Å². The Morgan fingerprint density at radius 3 is 2.63 bits per heavy atom. The second kappa shape index (κ2) is 11.0. The third-order valence-corrected chi connectivity index (χ3v) is 6.54. The Kier molecular flexibility index (Phi) is 7.32. The number of hydrogen-bond donors (Lipinski definition) is 1. The van der Waals surface area contributed by atoms with E-state index in [4.69, 9.17) is 9.15 Å². The third-order valence-electron chi connectivity index (χ3n) is 6.54. The van der Waals surface area contributed by atoms with Crippen LogP contribution in [0.15, 0.2) is 76.1 Å². The van der Waals surface area contributed by atoms with Gasteiger partial charge in [-0.3, -0.25) is 9.69 Å². The number of tetrazole rings is 1.